The maximum atomic E-state index is 6.37. The first-order chi connectivity index (χ1) is 7.72. The first kappa shape index (κ1) is 11.5. The molecule has 0 heterocycles. The van der Waals surface area contributed by atoms with Crippen LogP contribution in [0.3, 0.4) is 0 Å². The zero-order chi connectivity index (χ0) is 11.4. The van der Waals surface area contributed by atoms with Crippen molar-refractivity contribution in [1.29, 1.82) is 0 Å². The lowest BCUT2D eigenvalue weighted by Crippen LogP contribution is -2.38. The average Bonchev–Trinajstić information content (AvgIpc) is 2.66. The van der Waals surface area contributed by atoms with E-state index in [1.807, 2.05) is 13.0 Å². The lowest BCUT2D eigenvalue weighted by Gasteiger charge is -2.23. The largest absolute Gasteiger partial charge is 0.494 e. The monoisotopic (exact) mass is 219 g/mol. The molecule has 1 aromatic rings. The van der Waals surface area contributed by atoms with Gasteiger partial charge in [-0.05, 0) is 43.9 Å². The molecule has 1 aromatic carbocycles. The van der Waals surface area contributed by atoms with Crippen molar-refractivity contribution in [3.8, 4) is 5.75 Å². The summed E-state index contributed by atoms with van der Waals surface area (Å²) < 4.78 is 5.50. The van der Waals surface area contributed by atoms with Gasteiger partial charge in [-0.1, -0.05) is 25.0 Å². The second kappa shape index (κ2) is 4.88. The van der Waals surface area contributed by atoms with E-state index in [9.17, 15) is 0 Å². The van der Waals surface area contributed by atoms with Gasteiger partial charge in [-0.3, -0.25) is 0 Å². The third kappa shape index (κ3) is 2.76. The number of benzene rings is 1. The lowest BCUT2D eigenvalue weighted by atomic mass is 9.90. The molecule has 1 saturated carbocycles. The van der Waals surface area contributed by atoms with Gasteiger partial charge in [-0.15, -0.1) is 0 Å². The summed E-state index contributed by atoms with van der Waals surface area (Å²) in [7, 11) is 0. The highest BCUT2D eigenvalue weighted by Crippen LogP contribution is 2.31. The molecule has 0 saturated heterocycles. The molecule has 2 N–H and O–H groups in total. The summed E-state index contributed by atoms with van der Waals surface area (Å²) in [6, 6.07) is 8.33. The Morgan fingerprint density at radius 2 is 2.06 bits per heavy atom. The molecule has 0 aliphatic heterocycles. The van der Waals surface area contributed by atoms with E-state index in [0.29, 0.717) is 0 Å². The number of nitrogens with two attached hydrogens (primary N) is 1. The molecular formula is C14H21NO. The van der Waals surface area contributed by atoms with E-state index >= 15 is 0 Å². The van der Waals surface area contributed by atoms with Crippen molar-refractivity contribution in [2.24, 2.45) is 5.73 Å². The fourth-order valence-corrected chi connectivity index (χ4v) is 2.57. The molecule has 0 spiro atoms. The fourth-order valence-electron chi connectivity index (χ4n) is 2.57. The van der Waals surface area contributed by atoms with E-state index in [2.05, 4.69) is 18.2 Å². The van der Waals surface area contributed by atoms with E-state index < -0.39 is 0 Å². The van der Waals surface area contributed by atoms with Crippen LogP contribution in [0.15, 0.2) is 24.3 Å². The van der Waals surface area contributed by atoms with E-state index in [-0.39, 0.29) is 5.54 Å². The first-order valence-corrected chi connectivity index (χ1v) is 6.22. The van der Waals surface area contributed by atoms with Crippen LogP contribution in [0.25, 0.3) is 0 Å². The Kier molecular flexibility index (Phi) is 3.49. The average molecular weight is 219 g/mol. The van der Waals surface area contributed by atoms with Crippen LogP contribution in [0.5, 0.6) is 5.75 Å². The molecule has 0 amide bonds. The topological polar surface area (TPSA) is 35.2 Å². The highest BCUT2D eigenvalue weighted by molar-refractivity contribution is 5.29. The Morgan fingerprint density at radius 1 is 1.31 bits per heavy atom. The van der Waals surface area contributed by atoms with Gasteiger partial charge in [-0.2, -0.15) is 0 Å². The van der Waals surface area contributed by atoms with Crippen LogP contribution in [0.1, 0.15) is 38.2 Å². The third-order valence-corrected chi connectivity index (χ3v) is 3.36. The van der Waals surface area contributed by atoms with Crippen molar-refractivity contribution in [1.82, 2.24) is 0 Å². The van der Waals surface area contributed by atoms with Crippen LogP contribution in [-0.2, 0) is 6.42 Å². The van der Waals surface area contributed by atoms with Crippen molar-refractivity contribution < 1.29 is 4.74 Å². The quantitative estimate of drug-likeness (QED) is 0.845. The Balaban J connectivity index is 2.05. The summed E-state index contributed by atoms with van der Waals surface area (Å²) in [5.41, 5.74) is 7.71. The molecule has 0 radical (unpaired) electrons. The minimum Gasteiger partial charge on any atom is -0.494 e. The van der Waals surface area contributed by atoms with Crippen LogP contribution >= 0.6 is 0 Å². The smallest absolute Gasteiger partial charge is 0.119 e. The van der Waals surface area contributed by atoms with Crippen LogP contribution < -0.4 is 10.5 Å². The van der Waals surface area contributed by atoms with Crippen molar-refractivity contribution in [3.05, 3.63) is 29.8 Å². The summed E-state index contributed by atoms with van der Waals surface area (Å²) in [5.74, 6) is 0.960. The lowest BCUT2D eigenvalue weighted by molar-refractivity contribution is 0.339. The summed E-state index contributed by atoms with van der Waals surface area (Å²) in [6.45, 7) is 2.73. The molecule has 16 heavy (non-hydrogen) atoms. The highest BCUT2D eigenvalue weighted by atomic mass is 16.5. The van der Waals surface area contributed by atoms with Crippen molar-refractivity contribution in [2.75, 3.05) is 6.61 Å². The van der Waals surface area contributed by atoms with E-state index in [0.717, 1.165) is 31.6 Å². The molecule has 0 aromatic heterocycles. The minimum atomic E-state index is 0.0326. The standard InChI is InChI=1S/C14H21NO/c1-2-16-13-7-5-6-12(10-13)11-14(15)8-3-4-9-14/h5-7,10H,2-4,8-9,11,15H2,1H3. The van der Waals surface area contributed by atoms with Crippen LogP contribution in [0.2, 0.25) is 0 Å². The maximum absolute atomic E-state index is 6.37. The molecule has 2 rings (SSSR count). The van der Waals surface area contributed by atoms with Gasteiger partial charge in [-0.25, -0.2) is 0 Å². The second-order valence-corrected chi connectivity index (χ2v) is 4.83. The molecular weight excluding hydrogens is 198 g/mol. The molecule has 0 unspecified atom stereocenters. The van der Waals surface area contributed by atoms with Gasteiger partial charge in [0.05, 0.1) is 6.61 Å². The zero-order valence-electron chi connectivity index (χ0n) is 10.0. The van der Waals surface area contributed by atoms with Gasteiger partial charge in [0.1, 0.15) is 5.75 Å². The van der Waals surface area contributed by atoms with Crippen molar-refractivity contribution in [3.63, 3.8) is 0 Å². The third-order valence-electron chi connectivity index (χ3n) is 3.36. The number of ether oxygens (including phenoxy) is 1. The van der Waals surface area contributed by atoms with E-state index in [1.165, 1.54) is 18.4 Å². The summed E-state index contributed by atoms with van der Waals surface area (Å²) in [4.78, 5) is 0. The van der Waals surface area contributed by atoms with E-state index in [4.69, 9.17) is 10.5 Å². The first-order valence-electron chi connectivity index (χ1n) is 6.22. The van der Waals surface area contributed by atoms with Gasteiger partial charge < -0.3 is 10.5 Å². The van der Waals surface area contributed by atoms with Crippen LogP contribution in [0.4, 0.5) is 0 Å². The number of rotatable bonds is 4. The van der Waals surface area contributed by atoms with Gasteiger partial charge in [0, 0.05) is 5.54 Å². The Labute approximate surface area is 97.8 Å². The zero-order valence-corrected chi connectivity index (χ0v) is 10.0. The predicted molar refractivity (Wildman–Crippen MR) is 66.7 cm³/mol. The molecule has 88 valence electrons. The number of hydrogen-bond acceptors (Lipinski definition) is 2. The Bertz CT molecular complexity index is 342. The predicted octanol–water partition coefficient (Wildman–Crippen LogP) is 2.90. The number of hydrogen-bond donors (Lipinski definition) is 1. The van der Waals surface area contributed by atoms with Gasteiger partial charge in [0.15, 0.2) is 0 Å². The van der Waals surface area contributed by atoms with Gasteiger partial charge >= 0.3 is 0 Å². The minimum absolute atomic E-state index is 0.0326. The molecule has 2 nitrogen and oxygen atoms in total. The molecule has 0 bridgehead atoms. The van der Waals surface area contributed by atoms with E-state index in [1.54, 1.807) is 0 Å². The van der Waals surface area contributed by atoms with Crippen molar-refractivity contribution >= 4 is 0 Å². The molecule has 2 heteroatoms. The molecule has 1 aliphatic rings. The summed E-state index contributed by atoms with van der Waals surface area (Å²) in [5, 5.41) is 0. The second-order valence-electron chi connectivity index (χ2n) is 4.83. The Morgan fingerprint density at radius 3 is 2.75 bits per heavy atom. The van der Waals surface area contributed by atoms with Gasteiger partial charge in [0.25, 0.3) is 0 Å². The molecule has 0 atom stereocenters. The normalized spacial score (nSPS) is 18.6. The highest BCUT2D eigenvalue weighted by Gasteiger charge is 2.29. The SMILES string of the molecule is CCOc1cccc(CC2(N)CCCC2)c1. The summed E-state index contributed by atoms with van der Waals surface area (Å²) >= 11 is 0. The molecule has 1 aliphatic carbocycles. The summed E-state index contributed by atoms with van der Waals surface area (Å²) in [6.07, 6.45) is 5.86. The van der Waals surface area contributed by atoms with Crippen LogP contribution in [-0.4, -0.2) is 12.1 Å². The van der Waals surface area contributed by atoms with Crippen molar-refractivity contribution in [2.45, 2.75) is 44.6 Å². The molecule has 1 fully saturated rings. The maximum Gasteiger partial charge on any atom is 0.119 e. The Hall–Kier alpha value is -1.02. The van der Waals surface area contributed by atoms with Gasteiger partial charge in [0.2, 0.25) is 0 Å². The fraction of sp³-hybridized carbons (Fsp3) is 0.571. The van der Waals surface area contributed by atoms with Crippen LogP contribution in [0, 0.1) is 0 Å².